The molecule has 1 aromatic carbocycles. The van der Waals surface area contributed by atoms with E-state index in [2.05, 4.69) is 28.8 Å². The quantitative estimate of drug-likeness (QED) is 0.561. The van der Waals surface area contributed by atoms with E-state index in [1.807, 2.05) is 56.3 Å². The van der Waals surface area contributed by atoms with Crippen LogP contribution in [-0.2, 0) is 6.54 Å². The fourth-order valence-electron chi connectivity index (χ4n) is 4.54. The summed E-state index contributed by atoms with van der Waals surface area (Å²) in [6.45, 7) is 7.81. The van der Waals surface area contributed by atoms with Crippen molar-refractivity contribution in [3.8, 4) is 17.0 Å². The van der Waals surface area contributed by atoms with E-state index in [0.29, 0.717) is 24.5 Å². The van der Waals surface area contributed by atoms with E-state index in [4.69, 9.17) is 4.74 Å². The summed E-state index contributed by atoms with van der Waals surface area (Å²) < 4.78 is 6.44. The number of benzene rings is 1. The fraction of sp³-hybridized carbons (Fsp3) is 0.393. The van der Waals surface area contributed by atoms with Crippen molar-refractivity contribution < 1.29 is 14.6 Å². The van der Waals surface area contributed by atoms with Gasteiger partial charge in [-0.2, -0.15) is 0 Å². The third kappa shape index (κ3) is 5.69. The second kappa shape index (κ2) is 11.0. The first-order valence-electron chi connectivity index (χ1n) is 12.1. The number of carbonyl (C=O) groups is 1. The Hall–Kier alpha value is -3.29. The van der Waals surface area contributed by atoms with Crippen LogP contribution in [-0.4, -0.2) is 69.7 Å². The van der Waals surface area contributed by atoms with E-state index in [0.717, 1.165) is 23.2 Å². The van der Waals surface area contributed by atoms with Gasteiger partial charge in [-0.1, -0.05) is 31.2 Å². The van der Waals surface area contributed by atoms with Gasteiger partial charge in [0.25, 0.3) is 5.91 Å². The zero-order valence-corrected chi connectivity index (χ0v) is 20.9. The lowest BCUT2D eigenvalue weighted by atomic mass is 9.98. The smallest absolute Gasteiger partial charge is 0.259 e. The van der Waals surface area contributed by atoms with Gasteiger partial charge in [-0.25, -0.2) is 4.98 Å². The SMILES string of the molecule is Cc1ccccc1-c1cnc2c(c1)C(=O)N([C@@H](C)CO)C[C@@H](C)[C@@H](CN(C)Cc1ccncc1)O2. The van der Waals surface area contributed by atoms with Gasteiger partial charge in [0.15, 0.2) is 0 Å². The van der Waals surface area contributed by atoms with Crippen molar-refractivity contribution in [1.82, 2.24) is 19.8 Å². The van der Waals surface area contributed by atoms with E-state index in [1.165, 1.54) is 5.56 Å². The molecule has 0 spiro atoms. The summed E-state index contributed by atoms with van der Waals surface area (Å²) >= 11 is 0. The molecule has 1 N–H and O–H groups in total. The van der Waals surface area contributed by atoms with Crippen molar-refractivity contribution in [2.75, 3.05) is 26.7 Å². The van der Waals surface area contributed by atoms with Crippen LogP contribution < -0.4 is 4.74 Å². The van der Waals surface area contributed by atoms with Crippen LogP contribution in [0.4, 0.5) is 0 Å². The first-order valence-corrected chi connectivity index (χ1v) is 12.1. The Labute approximate surface area is 207 Å². The van der Waals surface area contributed by atoms with Crippen LogP contribution in [0.25, 0.3) is 11.1 Å². The summed E-state index contributed by atoms with van der Waals surface area (Å²) in [4.78, 5) is 26.3. The van der Waals surface area contributed by atoms with Crippen molar-refractivity contribution in [3.63, 3.8) is 0 Å². The third-order valence-corrected chi connectivity index (χ3v) is 6.67. The lowest BCUT2D eigenvalue weighted by Gasteiger charge is -2.37. The Morgan fingerprint density at radius 2 is 1.94 bits per heavy atom. The maximum Gasteiger partial charge on any atom is 0.259 e. The first-order chi connectivity index (χ1) is 16.9. The molecule has 4 rings (SSSR count). The summed E-state index contributed by atoms with van der Waals surface area (Å²) in [6.07, 6.45) is 5.19. The molecule has 1 aliphatic heterocycles. The molecule has 2 aromatic heterocycles. The molecule has 3 heterocycles. The molecule has 1 amide bonds. The van der Waals surface area contributed by atoms with Gasteiger partial charge in [-0.15, -0.1) is 0 Å². The largest absolute Gasteiger partial charge is 0.472 e. The molecule has 3 atom stereocenters. The minimum atomic E-state index is -0.312. The van der Waals surface area contributed by atoms with E-state index in [-0.39, 0.29) is 30.6 Å². The van der Waals surface area contributed by atoms with Crippen molar-refractivity contribution in [1.29, 1.82) is 0 Å². The van der Waals surface area contributed by atoms with Crippen LogP contribution >= 0.6 is 0 Å². The maximum absolute atomic E-state index is 13.7. The third-order valence-electron chi connectivity index (χ3n) is 6.67. The van der Waals surface area contributed by atoms with Crippen LogP contribution in [0.2, 0.25) is 0 Å². The highest BCUT2D eigenvalue weighted by Gasteiger charge is 2.34. The number of aryl methyl sites for hydroxylation is 1. The van der Waals surface area contributed by atoms with Gasteiger partial charge in [0.05, 0.1) is 12.6 Å². The van der Waals surface area contributed by atoms with Crippen LogP contribution in [0.1, 0.15) is 35.3 Å². The summed E-state index contributed by atoms with van der Waals surface area (Å²) in [5.41, 5.74) is 4.61. The monoisotopic (exact) mass is 474 g/mol. The zero-order valence-electron chi connectivity index (χ0n) is 20.9. The number of aliphatic hydroxyl groups is 1. The molecule has 0 saturated heterocycles. The Bertz CT molecular complexity index is 1150. The standard InChI is InChI=1S/C28H34N4O3/c1-19-7-5-6-8-24(19)23-13-25-27(30-14-23)35-26(17-31(4)16-22-9-11-29-12-10-22)20(2)15-32(28(25)34)21(3)18-33/h5-14,20-21,26,33H,15-18H2,1-4H3/t20-,21+,26-/m1/s1. The van der Waals surface area contributed by atoms with Gasteiger partial charge in [0, 0.05) is 49.7 Å². The van der Waals surface area contributed by atoms with E-state index in [9.17, 15) is 9.90 Å². The number of amides is 1. The number of rotatable bonds is 7. The molecule has 35 heavy (non-hydrogen) atoms. The van der Waals surface area contributed by atoms with Crippen molar-refractivity contribution in [3.05, 3.63) is 77.7 Å². The highest BCUT2D eigenvalue weighted by atomic mass is 16.5. The number of aliphatic hydroxyl groups excluding tert-OH is 1. The van der Waals surface area contributed by atoms with E-state index >= 15 is 0 Å². The number of hydrogen-bond donors (Lipinski definition) is 1. The Morgan fingerprint density at radius 3 is 2.66 bits per heavy atom. The van der Waals surface area contributed by atoms with Gasteiger partial charge in [-0.3, -0.25) is 14.7 Å². The first kappa shape index (κ1) is 24.8. The lowest BCUT2D eigenvalue weighted by molar-refractivity contribution is 0.0325. The molecule has 0 aliphatic carbocycles. The average Bonchev–Trinajstić information content (AvgIpc) is 2.86. The summed E-state index contributed by atoms with van der Waals surface area (Å²) in [6, 6.07) is 13.6. The summed E-state index contributed by atoms with van der Waals surface area (Å²) in [5, 5.41) is 9.89. The molecule has 184 valence electrons. The molecular formula is C28H34N4O3. The molecule has 0 unspecified atom stereocenters. The maximum atomic E-state index is 13.7. The molecule has 1 aliphatic rings. The van der Waals surface area contributed by atoms with Gasteiger partial charge in [0.1, 0.15) is 11.7 Å². The molecule has 0 fully saturated rings. The van der Waals surface area contributed by atoms with Gasteiger partial charge in [-0.05, 0) is 55.8 Å². The molecule has 0 bridgehead atoms. The van der Waals surface area contributed by atoms with Crippen LogP contribution in [0.3, 0.4) is 0 Å². The van der Waals surface area contributed by atoms with Crippen LogP contribution in [0.15, 0.2) is 61.1 Å². The molecular weight excluding hydrogens is 440 g/mol. The predicted molar refractivity (Wildman–Crippen MR) is 136 cm³/mol. The number of carbonyl (C=O) groups excluding carboxylic acids is 1. The van der Waals surface area contributed by atoms with Crippen molar-refractivity contribution in [2.45, 2.75) is 39.5 Å². The number of hydrogen-bond acceptors (Lipinski definition) is 6. The topological polar surface area (TPSA) is 78.8 Å². The number of fused-ring (bicyclic) bond motifs is 1. The molecule has 7 nitrogen and oxygen atoms in total. The van der Waals surface area contributed by atoms with E-state index in [1.54, 1.807) is 23.5 Å². The second-order valence-electron chi connectivity index (χ2n) is 9.57. The normalized spacial score (nSPS) is 19.0. The van der Waals surface area contributed by atoms with Crippen molar-refractivity contribution in [2.24, 2.45) is 5.92 Å². The molecule has 0 saturated carbocycles. The Kier molecular flexibility index (Phi) is 7.78. The summed E-state index contributed by atoms with van der Waals surface area (Å²) in [5.74, 6) is 0.218. The minimum Gasteiger partial charge on any atom is -0.472 e. The molecule has 7 heteroatoms. The average molecular weight is 475 g/mol. The van der Waals surface area contributed by atoms with Gasteiger partial charge < -0.3 is 14.7 Å². The lowest BCUT2D eigenvalue weighted by Crippen LogP contribution is -2.49. The zero-order chi connectivity index (χ0) is 24.9. The van der Waals surface area contributed by atoms with Crippen LogP contribution in [0, 0.1) is 12.8 Å². The predicted octanol–water partition coefficient (Wildman–Crippen LogP) is 3.80. The summed E-state index contributed by atoms with van der Waals surface area (Å²) in [7, 11) is 2.06. The molecule has 0 radical (unpaired) electrons. The number of ether oxygens (including phenoxy) is 1. The Morgan fingerprint density at radius 1 is 1.20 bits per heavy atom. The minimum absolute atomic E-state index is 0.0406. The number of nitrogens with zero attached hydrogens (tertiary/aromatic N) is 4. The number of pyridine rings is 2. The fourth-order valence-corrected chi connectivity index (χ4v) is 4.54. The van der Waals surface area contributed by atoms with Gasteiger partial charge >= 0.3 is 0 Å². The van der Waals surface area contributed by atoms with E-state index < -0.39 is 0 Å². The molecule has 3 aromatic rings. The highest BCUT2D eigenvalue weighted by molar-refractivity contribution is 5.98. The highest BCUT2D eigenvalue weighted by Crippen LogP contribution is 2.31. The van der Waals surface area contributed by atoms with Gasteiger partial charge in [0.2, 0.25) is 5.88 Å². The number of aromatic nitrogens is 2. The van der Waals surface area contributed by atoms with Crippen molar-refractivity contribution >= 4 is 5.91 Å². The number of likely N-dealkylation sites (N-methyl/N-ethyl adjacent to an activating group) is 1. The van der Waals surface area contributed by atoms with Crippen LogP contribution in [0.5, 0.6) is 5.88 Å². The second-order valence-corrected chi connectivity index (χ2v) is 9.57. The Balaban J connectivity index is 1.67.